The van der Waals surface area contributed by atoms with Gasteiger partial charge in [0.15, 0.2) is 11.9 Å². The molecule has 0 radical (unpaired) electrons. The SMILES string of the molecule is CCN(CC)C(=O)[C@H]1O[C@@H]1[C@@H](O)[C@@H](O)[C@@H]1OC(C)(C)OC[C@H]1O. The maximum atomic E-state index is 12.2. The van der Waals surface area contributed by atoms with Crippen LogP contribution in [-0.2, 0) is 19.0 Å². The van der Waals surface area contributed by atoms with Crippen LogP contribution in [0.25, 0.3) is 0 Å². The predicted molar refractivity (Wildman–Crippen MR) is 79.5 cm³/mol. The Morgan fingerprint density at radius 1 is 1.22 bits per heavy atom. The van der Waals surface area contributed by atoms with E-state index in [1.165, 1.54) is 0 Å². The topological polar surface area (TPSA) is 112 Å². The van der Waals surface area contributed by atoms with Crippen molar-refractivity contribution >= 4 is 5.91 Å². The molecule has 0 aromatic rings. The summed E-state index contributed by atoms with van der Waals surface area (Å²) < 4.78 is 16.0. The average Bonchev–Trinajstić information content (AvgIpc) is 3.30. The first-order valence-corrected chi connectivity index (χ1v) is 8.02. The molecule has 2 saturated heterocycles. The van der Waals surface area contributed by atoms with Crippen LogP contribution in [0.4, 0.5) is 0 Å². The lowest BCUT2D eigenvalue weighted by Crippen LogP contribution is -2.57. The summed E-state index contributed by atoms with van der Waals surface area (Å²) in [7, 11) is 0. The van der Waals surface area contributed by atoms with Crippen LogP contribution >= 0.6 is 0 Å². The van der Waals surface area contributed by atoms with Gasteiger partial charge in [-0.3, -0.25) is 4.79 Å². The van der Waals surface area contributed by atoms with Gasteiger partial charge in [-0.05, 0) is 27.7 Å². The zero-order chi connectivity index (χ0) is 17.4. The van der Waals surface area contributed by atoms with Crippen LogP contribution in [0, 0.1) is 0 Å². The van der Waals surface area contributed by atoms with Crippen molar-refractivity contribution in [2.24, 2.45) is 0 Å². The molecule has 134 valence electrons. The molecule has 8 heteroatoms. The van der Waals surface area contributed by atoms with Gasteiger partial charge in [0.25, 0.3) is 5.91 Å². The number of epoxide rings is 1. The van der Waals surface area contributed by atoms with E-state index in [1.54, 1.807) is 18.7 Å². The van der Waals surface area contributed by atoms with Crippen molar-refractivity contribution in [1.29, 1.82) is 0 Å². The van der Waals surface area contributed by atoms with E-state index < -0.39 is 42.4 Å². The van der Waals surface area contributed by atoms with Gasteiger partial charge < -0.3 is 34.4 Å². The first-order chi connectivity index (χ1) is 10.7. The monoisotopic (exact) mass is 333 g/mol. The van der Waals surface area contributed by atoms with Crippen LogP contribution in [0.15, 0.2) is 0 Å². The van der Waals surface area contributed by atoms with Crippen LogP contribution in [-0.4, -0.2) is 88.2 Å². The number of rotatable bonds is 6. The van der Waals surface area contributed by atoms with Gasteiger partial charge >= 0.3 is 0 Å². The van der Waals surface area contributed by atoms with Crippen molar-refractivity contribution in [2.75, 3.05) is 19.7 Å². The third kappa shape index (κ3) is 4.01. The number of aliphatic hydroxyl groups is 3. The van der Waals surface area contributed by atoms with E-state index in [-0.39, 0.29) is 12.5 Å². The summed E-state index contributed by atoms with van der Waals surface area (Å²) in [6, 6.07) is 0. The van der Waals surface area contributed by atoms with E-state index in [9.17, 15) is 20.1 Å². The molecule has 2 fully saturated rings. The van der Waals surface area contributed by atoms with Gasteiger partial charge in [0, 0.05) is 13.1 Å². The fourth-order valence-corrected chi connectivity index (χ4v) is 2.80. The first-order valence-electron chi connectivity index (χ1n) is 8.02. The van der Waals surface area contributed by atoms with Crippen molar-refractivity contribution in [1.82, 2.24) is 4.90 Å². The number of hydrogen-bond acceptors (Lipinski definition) is 7. The molecule has 0 aliphatic carbocycles. The minimum Gasteiger partial charge on any atom is -0.388 e. The van der Waals surface area contributed by atoms with E-state index in [0.29, 0.717) is 13.1 Å². The van der Waals surface area contributed by atoms with Crippen LogP contribution in [0.1, 0.15) is 27.7 Å². The Balaban J connectivity index is 1.96. The second-order valence-corrected chi connectivity index (χ2v) is 6.37. The quantitative estimate of drug-likeness (QED) is 0.527. The molecule has 0 spiro atoms. The number of amides is 1. The Kier molecular flexibility index (Phi) is 5.65. The molecule has 2 aliphatic rings. The lowest BCUT2D eigenvalue weighted by molar-refractivity contribution is -0.324. The largest absolute Gasteiger partial charge is 0.388 e. The predicted octanol–water partition coefficient (Wildman–Crippen LogP) is -1.14. The van der Waals surface area contributed by atoms with Crippen molar-refractivity contribution in [3.63, 3.8) is 0 Å². The van der Waals surface area contributed by atoms with E-state index in [2.05, 4.69) is 0 Å². The summed E-state index contributed by atoms with van der Waals surface area (Å²) in [6.45, 7) is 8.13. The smallest absolute Gasteiger partial charge is 0.254 e. The number of likely N-dealkylation sites (N-methyl/N-ethyl adjacent to an activating group) is 1. The molecule has 2 aliphatic heterocycles. The van der Waals surface area contributed by atoms with Crippen LogP contribution in [0.2, 0.25) is 0 Å². The Bertz CT molecular complexity index is 426. The molecule has 1 amide bonds. The molecule has 0 unspecified atom stereocenters. The fourth-order valence-electron chi connectivity index (χ4n) is 2.80. The standard InChI is InChI=1S/C15H27NO7/c1-5-16(6-2)14(20)13-12(22-13)10(19)9(18)11-8(17)7-21-15(3,4)23-11/h8-13,17-19H,5-7H2,1-4H3/t8-,9-,10+,11-,12-,13+/m1/s1. The number of nitrogens with zero attached hydrogens (tertiary/aromatic N) is 1. The van der Waals surface area contributed by atoms with Gasteiger partial charge in [0.2, 0.25) is 0 Å². The lowest BCUT2D eigenvalue weighted by Gasteiger charge is -2.41. The zero-order valence-electron chi connectivity index (χ0n) is 14.0. The van der Waals surface area contributed by atoms with Gasteiger partial charge in [0.1, 0.15) is 30.5 Å². The van der Waals surface area contributed by atoms with E-state index in [1.807, 2.05) is 13.8 Å². The van der Waals surface area contributed by atoms with E-state index in [0.717, 1.165) is 0 Å². The molecule has 23 heavy (non-hydrogen) atoms. The lowest BCUT2D eigenvalue weighted by atomic mass is 9.98. The molecule has 8 nitrogen and oxygen atoms in total. The number of carbonyl (C=O) groups is 1. The minimum absolute atomic E-state index is 0.00518. The second-order valence-electron chi connectivity index (χ2n) is 6.37. The number of carbonyl (C=O) groups excluding carboxylic acids is 1. The molecule has 0 bridgehead atoms. The second kappa shape index (κ2) is 7.00. The van der Waals surface area contributed by atoms with Crippen molar-refractivity contribution in [3.8, 4) is 0 Å². The molecule has 0 saturated carbocycles. The molecule has 2 rings (SSSR count). The van der Waals surface area contributed by atoms with Crippen molar-refractivity contribution < 1.29 is 34.3 Å². The molecule has 2 heterocycles. The van der Waals surface area contributed by atoms with Gasteiger partial charge in [-0.1, -0.05) is 0 Å². The average molecular weight is 333 g/mol. The Labute approximate surface area is 135 Å². The number of hydrogen-bond donors (Lipinski definition) is 3. The summed E-state index contributed by atoms with van der Waals surface area (Å²) in [6.07, 6.45) is -6.34. The molecule has 0 aromatic carbocycles. The highest BCUT2D eigenvalue weighted by molar-refractivity contribution is 5.84. The summed E-state index contributed by atoms with van der Waals surface area (Å²) >= 11 is 0. The van der Waals surface area contributed by atoms with Gasteiger partial charge in [-0.15, -0.1) is 0 Å². The maximum absolute atomic E-state index is 12.2. The minimum atomic E-state index is -1.38. The summed E-state index contributed by atoms with van der Waals surface area (Å²) in [5.41, 5.74) is 0. The van der Waals surface area contributed by atoms with E-state index >= 15 is 0 Å². The highest BCUT2D eigenvalue weighted by Gasteiger charge is 2.55. The number of ether oxygens (including phenoxy) is 3. The highest BCUT2D eigenvalue weighted by atomic mass is 16.7. The van der Waals surface area contributed by atoms with Gasteiger partial charge in [-0.2, -0.15) is 0 Å². The highest BCUT2D eigenvalue weighted by Crippen LogP contribution is 2.32. The Morgan fingerprint density at radius 2 is 1.78 bits per heavy atom. The molecule has 0 aromatic heterocycles. The summed E-state index contributed by atoms with van der Waals surface area (Å²) in [5, 5.41) is 30.5. The normalized spacial score (nSPS) is 35.4. The van der Waals surface area contributed by atoms with Crippen LogP contribution in [0.3, 0.4) is 0 Å². The first kappa shape index (κ1) is 18.6. The zero-order valence-corrected chi connectivity index (χ0v) is 14.0. The Hall–Kier alpha value is -0.770. The molecular weight excluding hydrogens is 306 g/mol. The third-order valence-electron chi connectivity index (χ3n) is 4.27. The van der Waals surface area contributed by atoms with Gasteiger partial charge in [-0.25, -0.2) is 0 Å². The van der Waals surface area contributed by atoms with Crippen molar-refractivity contribution in [2.45, 2.75) is 70.1 Å². The molecule has 6 atom stereocenters. The maximum Gasteiger partial charge on any atom is 0.254 e. The van der Waals surface area contributed by atoms with Gasteiger partial charge in [0.05, 0.1) is 6.61 Å². The summed E-state index contributed by atoms with van der Waals surface area (Å²) in [5.74, 6) is -1.18. The molecule has 3 N–H and O–H groups in total. The van der Waals surface area contributed by atoms with E-state index in [4.69, 9.17) is 14.2 Å². The number of aliphatic hydroxyl groups excluding tert-OH is 3. The Morgan fingerprint density at radius 3 is 2.35 bits per heavy atom. The summed E-state index contributed by atoms with van der Waals surface area (Å²) in [4.78, 5) is 13.8. The van der Waals surface area contributed by atoms with Crippen LogP contribution < -0.4 is 0 Å². The van der Waals surface area contributed by atoms with Crippen LogP contribution in [0.5, 0.6) is 0 Å². The third-order valence-corrected chi connectivity index (χ3v) is 4.27. The van der Waals surface area contributed by atoms with Crippen molar-refractivity contribution in [3.05, 3.63) is 0 Å². The molecular formula is C15H27NO7. The fraction of sp³-hybridized carbons (Fsp3) is 0.933.